The Kier molecular flexibility index (Phi) is 7.65. The Morgan fingerprint density at radius 2 is 1.75 bits per heavy atom. The van der Waals surface area contributed by atoms with Crippen molar-refractivity contribution in [3.8, 4) is 17.3 Å². The highest BCUT2D eigenvalue weighted by Gasteiger charge is 2.23. The fourth-order valence-corrected chi connectivity index (χ4v) is 6.34. The van der Waals surface area contributed by atoms with Crippen molar-refractivity contribution >= 4 is 32.8 Å². The van der Waals surface area contributed by atoms with E-state index in [4.69, 9.17) is 9.97 Å². The number of sulfonamides is 1. The first kappa shape index (κ1) is 27.4. The number of rotatable bonds is 7. The number of fused-ring (bicyclic) bond motifs is 1. The highest BCUT2D eigenvalue weighted by Crippen LogP contribution is 2.28. The van der Waals surface area contributed by atoms with Gasteiger partial charge >= 0.3 is 0 Å². The molecule has 3 heterocycles. The summed E-state index contributed by atoms with van der Waals surface area (Å²) in [4.78, 5) is 20.8. The molecule has 0 atom stereocenters. The summed E-state index contributed by atoms with van der Waals surface area (Å²) >= 11 is 0. The molecule has 1 fully saturated rings. The van der Waals surface area contributed by atoms with Crippen LogP contribution in [0.15, 0.2) is 53.6 Å². The Hall–Kier alpha value is -4.14. The van der Waals surface area contributed by atoms with Crippen molar-refractivity contribution in [2.45, 2.75) is 56.5 Å². The standard InChI is InChI=1S/C29H32N8O2S/c1-18-15-24(34-25-17-31-29(35-28(18)25)33-21-9-11-22(12-10-21)37(3)4)23-13-14-27(32-19(23)2)36-40(38,39)26-8-6-5-7-20(26)16-30/h5-8,13-15,17,21-22H,9-12H2,1-4H3,(H,32,36)(H,31,33,35). The average molecular weight is 557 g/mol. The molecular weight excluding hydrogens is 524 g/mol. The third kappa shape index (κ3) is 5.73. The van der Waals surface area contributed by atoms with Gasteiger partial charge in [0.25, 0.3) is 10.0 Å². The second kappa shape index (κ2) is 11.2. The van der Waals surface area contributed by atoms with Gasteiger partial charge in [-0.05, 0) is 89.5 Å². The van der Waals surface area contributed by atoms with Crippen LogP contribution < -0.4 is 10.0 Å². The first-order valence-corrected chi connectivity index (χ1v) is 14.7. The SMILES string of the molecule is Cc1nc(NS(=O)(=O)c2ccccc2C#N)ccc1-c1cc(C)c2nc(NC3CCC(N(C)C)CC3)ncc2n1. The molecule has 4 aromatic rings. The number of aryl methyl sites for hydroxylation is 2. The van der Waals surface area contributed by atoms with Crippen molar-refractivity contribution in [1.29, 1.82) is 5.26 Å². The minimum absolute atomic E-state index is 0.0662. The van der Waals surface area contributed by atoms with Crippen LogP contribution in [0, 0.1) is 25.2 Å². The van der Waals surface area contributed by atoms with E-state index >= 15 is 0 Å². The van der Waals surface area contributed by atoms with E-state index in [1.165, 1.54) is 12.1 Å². The molecule has 1 aliphatic carbocycles. The summed E-state index contributed by atoms with van der Waals surface area (Å²) in [6, 6.07) is 14.3. The summed E-state index contributed by atoms with van der Waals surface area (Å²) in [7, 11) is 0.296. The molecule has 40 heavy (non-hydrogen) atoms. The minimum Gasteiger partial charge on any atom is -0.351 e. The summed E-state index contributed by atoms with van der Waals surface area (Å²) in [6.07, 6.45) is 6.23. The molecule has 1 aliphatic rings. The molecule has 5 rings (SSSR count). The largest absolute Gasteiger partial charge is 0.351 e. The molecule has 0 aliphatic heterocycles. The summed E-state index contributed by atoms with van der Waals surface area (Å²) < 4.78 is 28.3. The highest BCUT2D eigenvalue weighted by molar-refractivity contribution is 7.92. The van der Waals surface area contributed by atoms with E-state index in [9.17, 15) is 13.7 Å². The lowest BCUT2D eigenvalue weighted by Crippen LogP contribution is -2.36. The number of hydrogen-bond donors (Lipinski definition) is 2. The Balaban J connectivity index is 1.35. The second-order valence-electron chi connectivity index (χ2n) is 10.4. The molecule has 0 amide bonds. The van der Waals surface area contributed by atoms with Gasteiger partial charge in [0.15, 0.2) is 0 Å². The molecule has 1 aromatic carbocycles. The number of pyridine rings is 2. The molecule has 0 saturated heterocycles. The van der Waals surface area contributed by atoms with E-state index in [0.717, 1.165) is 42.3 Å². The fraction of sp³-hybridized carbons (Fsp3) is 0.345. The van der Waals surface area contributed by atoms with Crippen LogP contribution in [0.2, 0.25) is 0 Å². The molecule has 206 valence electrons. The second-order valence-corrected chi connectivity index (χ2v) is 12.1. The lowest BCUT2D eigenvalue weighted by atomic mass is 9.91. The molecule has 0 bridgehead atoms. The van der Waals surface area contributed by atoms with Crippen molar-refractivity contribution in [2.75, 3.05) is 24.1 Å². The predicted octanol–water partition coefficient (Wildman–Crippen LogP) is 4.66. The van der Waals surface area contributed by atoms with Crippen molar-refractivity contribution in [3.63, 3.8) is 0 Å². The summed E-state index contributed by atoms with van der Waals surface area (Å²) in [6.45, 7) is 3.79. The molecule has 0 unspecified atom stereocenters. The van der Waals surface area contributed by atoms with E-state index in [1.54, 1.807) is 37.4 Å². The topological polar surface area (TPSA) is 137 Å². The van der Waals surface area contributed by atoms with E-state index < -0.39 is 10.0 Å². The maximum absolute atomic E-state index is 12.9. The number of nitrogens with one attached hydrogen (secondary N) is 2. The average Bonchev–Trinajstić information content (AvgIpc) is 2.93. The fourth-order valence-electron chi connectivity index (χ4n) is 5.18. The predicted molar refractivity (Wildman–Crippen MR) is 155 cm³/mol. The van der Waals surface area contributed by atoms with Crippen LogP contribution in [0.25, 0.3) is 22.3 Å². The normalized spacial score (nSPS) is 17.5. The monoisotopic (exact) mass is 556 g/mol. The Labute approximate surface area is 234 Å². The lowest BCUT2D eigenvalue weighted by molar-refractivity contribution is 0.221. The van der Waals surface area contributed by atoms with Gasteiger partial charge in [-0.2, -0.15) is 5.26 Å². The zero-order valence-electron chi connectivity index (χ0n) is 23.0. The molecule has 2 N–H and O–H groups in total. The van der Waals surface area contributed by atoms with Gasteiger partial charge in [-0.15, -0.1) is 0 Å². The van der Waals surface area contributed by atoms with E-state index in [2.05, 4.69) is 39.0 Å². The van der Waals surface area contributed by atoms with Crippen molar-refractivity contribution in [2.24, 2.45) is 0 Å². The summed E-state index contributed by atoms with van der Waals surface area (Å²) in [5.74, 6) is 0.774. The summed E-state index contributed by atoms with van der Waals surface area (Å²) in [5.41, 5.74) is 4.56. The van der Waals surface area contributed by atoms with Crippen molar-refractivity contribution in [1.82, 2.24) is 24.8 Å². The minimum atomic E-state index is -3.98. The van der Waals surface area contributed by atoms with Crippen LogP contribution in [-0.2, 0) is 10.0 Å². The number of nitrogens with zero attached hydrogens (tertiary/aromatic N) is 6. The molecule has 3 aromatic heterocycles. The number of anilines is 2. The van der Waals surface area contributed by atoms with Crippen LogP contribution >= 0.6 is 0 Å². The zero-order chi connectivity index (χ0) is 28.4. The molecule has 0 spiro atoms. The third-order valence-corrected chi connectivity index (χ3v) is 8.81. The van der Waals surface area contributed by atoms with Crippen LogP contribution in [-0.4, -0.2) is 59.4 Å². The van der Waals surface area contributed by atoms with Gasteiger partial charge in [0, 0.05) is 23.3 Å². The number of nitriles is 1. The quantitative estimate of drug-likeness (QED) is 0.333. The number of aromatic nitrogens is 4. The molecular formula is C29H32N8O2S. The Morgan fingerprint density at radius 1 is 1.00 bits per heavy atom. The first-order valence-electron chi connectivity index (χ1n) is 13.2. The van der Waals surface area contributed by atoms with Crippen molar-refractivity contribution < 1.29 is 8.42 Å². The van der Waals surface area contributed by atoms with Crippen LogP contribution in [0.3, 0.4) is 0 Å². The van der Waals surface area contributed by atoms with E-state index in [-0.39, 0.29) is 16.3 Å². The van der Waals surface area contributed by atoms with Gasteiger partial charge < -0.3 is 10.2 Å². The lowest BCUT2D eigenvalue weighted by Gasteiger charge is -2.32. The Morgan fingerprint density at radius 3 is 2.45 bits per heavy atom. The van der Waals surface area contributed by atoms with Crippen molar-refractivity contribution in [3.05, 3.63) is 65.5 Å². The number of benzene rings is 1. The molecule has 10 nitrogen and oxygen atoms in total. The van der Waals surface area contributed by atoms with Crippen LogP contribution in [0.1, 0.15) is 42.5 Å². The van der Waals surface area contributed by atoms with Gasteiger partial charge in [-0.1, -0.05) is 12.1 Å². The van der Waals surface area contributed by atoms with Gasteiger partial charge in [0.05, 0.1) is 23.0 Å². The van der Waals surface area contributed by atoms with Gasteiger partial charge in [-0.3, -0.25) is 4.72 Å². The van der Waals surface area contributed by atoms with Crippen LogP contribution in [0.5, 0.6) is 0 Å². The van der Waals surface area contributed by atoms with E-state index in [0.29, 0.717) is 34.9 Å². The maximum atomic E-state index is 12.9. The summed E-state index contributed by atoms with van der Waals surface area (Å²) in [5, 5.41) is 12.8. The zero-order valence-corrected chi connectivity index (χ0v) is 23.8. The first-order chi connectivity index (χ1) is 19.1. The highest BCUT2D eigenvalue weighted by atomic mass is 32.2. The smallest absolute Gasteiger partial charge is 0.264 e. The third-order valence-electron chi connectivity index (χ3n) is 7.40. The van der Waals surface area contributed by atoms with E-state index in [1.807, 2.05) is 19.1 Å². The van der Waals surface area contributed by atoms with Gasteiger partial charge in [-0.25, -0.2) is 28.4 Å². The van der Waals surface area contributed by atoms with Gasteiger partial charge in [0.1, 0.15) is 22.3 Å². The van der Waals surface area contributed by atoms with Gasteiger partial charge in [0.2, 0.25) is 5.95 Å². The Bertz CT molecular complexity index is 1710. The number of hydrogen-bond acceptors (Lipinski definition) is 9. The molecule has 1 saturated carbocycles. The van der Waals surface area contributed by atoms with Crippen LogP contribution in [0.4, 0.5) is 11.8 Å². The molecule has 11 heteroatoms. The maximum Gasteiger partial charge on any atom is 0.264 e. The molecule has 0 radical (unpaired) electrons.